The van der Waals surface area contributed by atoms with Gasteiger partial charge in [0.15, 0.2) is 0 Å². The molecule has 1 aromatic carbocycles. The number of aromatic nitrogens is 3. The van der Waals surface area contributed by atoms with Crippen LogP contribution in [0.25, 0.3) is 0 Å². The van der Waals surface area contributed by atoms with Crippen molar-refractivity contribution in [1.82, 2.24) is 14.9 Å². The molecule has 86 valence electrons. The summed E-state index contributed by atoms with van der Waals surface area (Å²) >= 11 is 0. The molecule has 1 heterocycles. The summed E-state index contributed by atoms with van der Waals surface area (Å²) in [4.78, 5) is 0. The number of benzene rings is 1. The van der Waals surface area contributed by atoms with Crippen LogP contribution in [-0.4, -0.2) is 21.4 Å². The quantitative estimate of drug-likeness (QED) is 0.799. The highest BCUT2D eigenvalue weighted by Crippen LogP contribution is 2.16. The van der Waals surface area contributed by atoms with Gasteiger partial charge in [-0.2, -0.15) is 5.26 Å². The maximum absolute atomic E-state index is 8.77. The van der Waals surface area contributed by atoms with E-state index < -0.39 is 0 Å². The summed E-state index contributed by atoms with van der Waals surface area (Å²) in [7, 11) is 0. The third-order valence-corrected chi connectivity index (χ3v) is 2.42. The fraction of sp³-hybridized carbons (Fsp3) is 0.250. The van der Waals surface area contributed by atoms with Gasteiger partial charge in [0.2, 0.25) is 0 Å². The molecule has 17 heavy (non-hydrogen) atoms. The van der Waals surface area contributed by atoms with Crippen LogP contribution in [0.1, 0.15) is 18.9 Å². The number of anilines is 1. The molecule has 0 atom stereocenters. The van der Waals surface area contributed by atoms with Crippen LogP contribution in [0.3, 0.4) is 0 Å². The normalized spacial score (nSPS) is 9.88. The van der Waals surface area contributed by atoms with Gasteiger partial charge in [0.05, 0.1) is 17.3 Å². The molecule has 0 unspecified atom stereocenters. The number of nitriles is 1. The third kappa shape index (κ3) is 2.42. The Labute approximate surface area is 99.9 Å². The molecule has 5 nitrogen and oxygen atoms in total. The van der Waals surface area contributed by atoms with E-state index in [9.17, 15) is 0 Å². The molecule has 1 aromatic heterocycles. The Balaban J connectivity index is 2.30. The van der Waals surface area contributed by atoms with Crippen molar-refractivity contribution in [2.45, 2.75) is 13.3 Å². The van der Waals surface area contributed by atoms with Gasteiger partial charge in [0.1, 0.15) is 12.7 Å². The van der Waals surface area contributed by atoms with Gasteiger partial charge < -0.3 is 0 Å². The molecular formula is C12H13N5. The summed E-state index contributed by atoms with van der Waals surface area (Å²) in [6.07, 6.45) is 4.33. The van der Waals surface area contributed by atoms with Crippen molar-refractivity contribution in [3.63, 3.8) is 0 Å². The van der Waals surface area contributed by atoms with E-state index in [2.05, 4.69) is 28.2 Å². The summed E-state index contributed by atoms with van der Waals surface area (Å²) in [5.74, 6) is 0. The van der Waals surface area contributed by atoms with Crippen molar-refractivity contribution in [2.24, 2.45) is 0 Å². The Morgan fingerprint density at radius 1 is 1.24 bits per heavy atom. The molecule has 0 N–H and O–H groups in total. The van der Waals surface area contributed by atoms with Gasteiger partial charge in [-0.15, -0.1) is 10.2 Å². The minimum absolute atomic E-state index is 0.661. The fourth-order valence-electron chi connectivity index (χ4n) is 1.62. The van der Waals surface area contributed by atoms with Crippen molar-refractivity contribution < 1.29 is 0 Å². The average molecular weight is 227 g/mol. The van der Waals surface area contributed by atoms with E-state index in [1.165, 1.54) is 0 Å². The number of rotatable bonds is 4. The Morgan fingerprint density at radius 3 is 2.41 bits per heavy atom. The smallest absolute Gasteiger partial charge is 0.139 e. The molecule has 0 amide bonds. The average Bonchev–Trinajstić information content (AvgIpc) is 2.90. The third-order valence-electron chi connectivity index (χ3n) is 2.42. The van der Waals surface area contributed by atoms with E-state index >= 15 is 0 Å². The highest BCUT2D eigenvalue weighted by atomic mass is 15.6. The molecule has 0 aliphatic rings. The van der Waals surface area contributed by atoms with Crippen molar-refractivity contribution in [3.8, 4) is 6.07 Å². The van der Waals surface area contributed by atoms with Crippen LogP contribution in [0, 0.1) is 11.3 Å². The van der Waals surface area contributed by atoms with E-state index in [1.54, 1.807) is 12.7 Å². The lowest BCUT2D eigenvalue weighted by atomic mass is 10.2. The standard InChI is InChI=1S/C12H13N5/c1-2-7-17(16-9-14-15-10-16)12-5-3-11(8-13)4-6-12/h3-6,9-10H,2,7H2,1H3. The summed E-state index contributed by atoms with van der Waals surface area (Å²) in [5, 5.41) is 18.4. The summed E-state index contributed by atoms with van der Waals surface area (Å²) in [6.45, 7) is 2.98. The molecule has 0 radical (unpaired) electrons. The first-order chi connectivity index (χ1) is 8.35. The second-order valence-electron chi connectivity index (χ2n) is 3.62. The number of nitrogens with zero attached hydrogens (tertiary/aromatic N) is 5. The second kappa shape index (κ2) is 5.12. The molecule has 0 saturated carbocycles. The molecular weight excluding hydrogens is 214 g/mol. The molecule has 0 aliphatic carbocycles. The molecule has 2 rings (SSSR count). The van der Waals surface area contributed by atoms with Crippen LogP contribution in [0.2, 0.25) is 0 Å². The topological polar surface area (TPSA) is 57.7 Å². The Kier molecular flexibility index (Phi) is 3.36. The highest BCUT2D eigenvalue weighted by molar-refractivity contribution is 5.49. The van der Waals surface area contributed by atoms with E-state index in [0.717, 1.165) is 18.7 Å². The van der Waals surface area contributed by atoms with Crippen molar-refractivity contribution in [3.05, 3.63) is 42.5 Å². The van der Waals surface area contributed by atoms with Crippen LogP contribution < -0.4 is 5.01 Å². The molecule has 0 spiro atoms. The minimum Gasteiger partial charge on any atom is -0.279 e. The van der Waals surface area contributed by atoms with E-state index in [0.29, 0.717) is 5.56 Å². The number of hydrogen-bond donors (Lipinski definition) is 0. The first-order valence-corrected chi connectivity index (χ1v) is 5.47. The van der Waals surface area contributed by atoms with Crippen LogP contribution in [0.4, 0.5) is 5.69 Å². The van der Waals surface area contributed by atoms with Gasteiger partial charge in [-0.3, -0.25) is 5.01 Å². The van der Waals surface area contributed by atoms with Crippen LogP contribution >= 0.6 is 0 Å². The highest BCUT2D eigenvalue weighted by Gasteiger charge is 2.07. The zero-order valence-corrected chi connectivity index (χ0v) is 9.61. The molecule has 0 bridgehead atoms. The Bertz CT molecular complexity index is 495. The molecule has 0 aliphatic heterocycles. The predicted octanol–water partition coefficient (Wildman–Crippen LogP) is 1.83. The van der Waals surface area contributed by atoms with E-state index in [1.807, 2.05) is 28.9 Å². The number of hydrogen-bond acceptors (Lipinski definition) is 4. The lowest BCUT2D eigenvalue weighted by molar-refractivity contribution is 0.673. The Hall–Kier alpha value is -2.35. The van der Waals surface area contributed by atoms with Gasteiger partial charge in [-0.05, 0) is 30.7 Å². The van der Waals surface area contributed by atoms with Gasteiger partial charge in [0, 0.05) is 6.54 Å². The monoisotopic (exact) mass is 227 g/mol. The van der Waals surface area contributed by atoms with E-state index in [-0.39, 0.29) is 0 Å². The molecule has 0 saturated heterocycles. The van der Waals surface area contributed by atoms with Crippen molar-refractivity contribution in [1.29, 1.82) is 5.26 Å². The fourth-order valence-corrected chi connectivity index (χ4v) is 1.62. The summed E-state index contributed by atoms with van der Waals surface area (Å²) in [5.41, 5.74) is 1.68. The minimum atomic E-state index is 0.661. The summed E-state index contributed by atoms with van der Waals surface area (Å²) < 4.78 is 1.84. The Morgan fingerprint density at radius 2 is 1.88 bits per heavy atom. The van der Waals surface area contributed by atoms with Crippen molar-refractivity contribution >= 4 is 5.69 Å². The first kappa shape index (κ1) is 11.1. The predicted molar refractivity (Wildman–Crippen MR) is 64.2 cm³/mol. The summed E-state index contributed by atoms with van der Waals surface area (Å²) in [6, 6.07) is 9.58. The van der Waals surface area contributed by atoms with Gasteiger partial charge in [0.25, 0.3) is 0 Å². The maximum atomic E-state index is 8.77. The SMILES string of the molecule is CCCN(c1ccc(C#N)cc1)n1cnnc1. The van der Waals surface area contributed by atoms with Gasteiger partial charge >= 0.3 is 0 Å². The van der Waals surface area contributed by atoms with E-state index in [4.69, 9.17) is 5.26 Å². The zero-order valence-electron chi connectivity index (χ0n) is 9.61. The second-order valence-corrected chi connectivity index (χ2v) is 3.62. The van der Waals surface area contributed by atoms with Crippen molar-refractivity contribution in [2.75, 3.05) is 11.6 Å². The maximum Gasteiger partial charge on any atom is 0.139 e. The zero-order chi connectivity index (χ0) is 12.1. The van der Waals surface area contributed by atoms with Crippen LogP contribution in [-0.2, 0) is 0 Å². The first-order valence-electron chi connectivity index (χ1n) is 5.47. The lowest BCUT2D eigenvalue weighted by Gasteiger charge is -2.24. The molecule has 2 aromatic rings. The van der Waals surface area contributed by atoms with Crippen LogP contribution in [0.15, 0.2) is 36.9 Å². The lowest BCUT2D eigenvalue weighted by Crippen LogP contribution is -2.29. The molecule has 5 heteroatoms. The largest absolute Gasteiger partial charge is 0.279 e. The van der Waals surface area contributed by atoms with Gasteiger partial charge in [-0.1, -0.05) is 6.92 Å². The van der Waals surface area contributed by atoms with Gasteiger partial charge in [-0.25, -0.2) is 4.68 Å². The van der Waals surface area contributed by atoms with Crippen LogP contribution in [0.5, 0.6) is 0 Å². The molecule has 0 fully saturated rings.